The number of carbonyl (C=O) groups excluding carboxylic acids is 2. The third-order valence-corrected chi connectivity index (χ3v) is 3.61. The molecule has 1 amide bonds. The second-order valence-electron chi connectivity index (χ2n) is 5.38. The fourth-order valence-electron chi connectivity index (χ4n) is 2.39. The quantitative estimate of drug-likeness (QED) is 0.502. The second-order valence-corrected chi connectivity index (χ2v) is 5.38. The molecule has 25 heavy (non-hydrogen) atoms. The summed E-state index contributed by atoms with van der Waals surface area (Å²) in [5.74, 6) is -2.62. The first-order valence-electron chi connectivity index (χ1n) is 7.99. The smallest absolute Gasteiger partial charge is 0.466 e. The topological polar surface area (TPSA) is 46.6 Å². The molecular weight excluding hydrogens is 335 g/mol. The maximum Gasteiger partial charge on any atom is 0.471 e. The number of rotatable bonds is 9. The van der Waals surface area contributed by atoms with Crippen LogP contribution in [-0.4, -0.2) is 42.1 Å². The number of ether oxygens (including phenoxy) is 1. The molecule has 4 nitrogen and oxygen atoms in total. The van der Waals surface area contributed by atoms with Gasteiger partial charge in [0, 0.05) is 6.54 Å². The lowest BCUT2D eigenvalue weighted by Gasteiger charge is -2.30. The van der Waals surface area contributed by atoms with E-state index in [1.54, 1.807) is 6.92 Å². The lowest BCUT2D eigenvalue weighted by molar-refractivity contribution is -0.187. The molecule has 0 aliphatic heterocycles. The normalized spacial score (nSPS) is 12.3. The van der Waals surface area contributed by atoms with Crippen LogP contribution in [0.2, 0.25) is 0 Å². The molecule has 0 aliphatic rings. The van der Waals surface area contributed by atoms with Gasteiger partial charge in [-0.3, -0.25) is 9.59 Å². The first kappa shape index (κ1) is 20.7. The minimum absolute atomic E-state index is 0.130. The molecule has 0 radical (unpaired) electrons. The number of hydrogen-bond acceptors (Lipinski definition) is 3. The summed E-state index contributed by atoms with van der Waals surface area (Å²) in [6.07, 6.45) is -3.25. The van der Waals surface area contributed by atoms with Gasteiger partial charge in [0.05, 0.1) is 19.1 Å². The molecule has 0 spiro atoms. The standard InChI is InChI=1S/C18H22F3NO3/c1-3-15(11-10-14-8-6-5-7-9-14)22(17(24)18(19,20)21)13-12-16(23)25-4-2/h3,5-9,15H,1,4,10-13H2,2H3/t15-/m0/s1. The van der Waals surface area contributed by atoms with Crippen molar-refractivity contribution in [2.75, 3.05) is 13.2 Å². The number of amides is 1. The molecule has 0 N–H and O–H groups in total. The SMILES string of the molecule is C=C[C@@H](CCc1ccccc1)N(CCC(=O)OCC)C(=O)C(F)(F)F. The molecule has 0 aliphatic carbocycles. The Morgan fingerprint density at radius 1 is 1.28 bits per heavy atom. The largest absolute Gasteiger partial charge is 0.471 e. The Bertz CT molecular complexity index is 573. The summed E-state index contributed by atoms with van der Waals surface area (Å²) in [6.45, 7) is 4.90. The predicted molar refractivity (Wildman–Crippen MR) is 87.8 cm³/mol. The number of benzene rings is 1. The highest BCUT2D eigenvalue weighted by molar-refractivity contribution is 5.83. The van der Waals surface area contributed by atoms with Crippen molar-refractivity contribution in [1.29, 1.82) is 0 Å². The Kier molecular flexibility index (Phi) is 8.18. The van der Waals surface area contributed by atoms with E-state index in [1.807, 2.05) is 30.3 Å². The van der Waals surface area contributed by atoms with Gasteiger partial charge in [-0.05, 0) is 25.3 Å². The van der Waals surface area contributed by atoms with Crippen LogP contribution in [0.3, 0.4) is 0 Å². The number of hydrogen-bond donors (Lipinski definition) is 0. The molecule has 0 heterocycles. The summed E-state index contributed by atoms with van der Waals surface area (Å²) in [4.78, 5) is 23.8. The number of carbonyl (C=O) groups is 2. The Hall–Kier alpha value is -2.31. The highest BCUT2D eigenvalue weighted by Crippen LogP contribution is 2.22. The van der Waals surface area contributed by atoms with Crippen LogP contribution in [0.4, 0.5) is 13.2 Å². The molecule has 1 aromatic carbocycles. The number of esters is 1. The fourth-order valence-corrected chi connectivity index (χ4v) is 2.39. The summed E-state index contributed by atoms with van der Waals surface area (Å²) in [7, 11) is 0. The summed E-state index contributed by atoms with van der Waals surface area (Å²) in [6, 6.07) is 8.38. The zero-order chi connectivity index (χ0) is 18.9. The van der Waals surface area contributed by atoms with Crippen LogP contribution in [-0.2, 0) is 20.7 Å². The van der Waals surface area contributed by atoms with Crippen LogP contribution in [0.25, 0.3) is 0 Å². The van der Waals surface area contributed by atoms with E-state index in [1.165, 1.54) is 6.08 Å². The van der Waals surface area contributed by atoms with Gasteiger partial charge in [0.15, 0.2) is 0 Å². The van der Waals surface area contributed by atoms with E-state index in [0.717, 1.165) is 5.56 Å². The molecule has 138 valence electrons. The van der Waals surface area contributed by atoms with Gasteiger partial charge < -0.3 is 9.64 Å². The van der Waals surface area contributed by atoms with E-state index in [-0.39, 0.29) is 26.0 Å². The van der Waals surface area contributed by atoms with Gasteiger partial charge in [0.1, 0.15) is 0 Å². The molecule has 1 atom stereocenters. The average molecular weight is 357 g/mol. The van der Waals surface area contributed by atoms with E-state index in [2.05, 4.69) is 6.58 Å². The van der Waals surface area contributed by atoms with Gasteiger partial charge in [0.2, 0.25) is 0 Å². The van der Waals surface area contributed by atoms with Gasteiger partial charge in [-0.2, -0.15) is 13.2 Å². The highest BCUT2D eigenvalue weighted by atomic mass is 19.4. The predicted octanol–water partition coefficient (Wildman–Crippen LogP) is 3.52. The molecule has 0 fully saturated rings. The van der Waals surface area contributed by atoms with E-state index >= 15 is 0 Å². The second kappa shape index (κ2) is 9.86. The molecule has 0 saturated carbocycles. The zero-order valence-electron chi connectivity index (χ0n) is 14.1. The molecule has 0 aromatic heterocycles. The maximum atomic E-state index is 12.9. The first-order chi connectivity index (χ1) is 11.8. The minimum atomic E-state index is -5.01. The Balaban J connectivity index is 2.84. The molecular formula is C18H22F3NO3. The fraction of sp³-hybridized carbons (Fsp3) is 0.444. The lowest BCUT2D eigenvalue weighted by atomic mass is 10.0. The molecule has 0 bridgehead atoms. The van der Waals surface area contributed by atoms with E-state index < -0.39 is 24.1 Å². The van der Waals surface area contributed by atoms with Crippen molar-refractivity contribution in [1.82, 2.24) is 4.90 Å². The molecule has 0 saturated heterocycles. The third kappa shape index (κ3) is 6.99. The molecule has 0 unspecified atom stereocenters. The van der Waals surface area contributed by atoms with Gasteiger partial charge >= 0.3 is 18.1 Å². The van der Waals surface area contributed by atoms with Crippen LogP contribution in [0.1, 0.15) is 25.3 Å². The molecule has 1 rings (SSSR count). The highest BCUT2D eigenvalue weighted by Gasteiger charge is 2.44. The number of nitrogens with zero attached hydrogens (tertiary/aromatic N) is 1. The van der Waals surface area contributed by atoms with E-state index in [4.69, 9.17) is 4.74 Å². The van der Waals surface area contributed by atoms with Crippen molar-refractivity contribution in [3.8, 4) is 0 Å². The number of halogens is 3. The van der Waals surface area contributed by atoms with Gasteiger partial charge in [-0.25, -0.2) is 0 Å². The van der Waals surface area contributed by atoms with Crippen LogP contribution < -0.4 is 0 Å². The van der Waals surface area contributed by atoms with Crippen LogP contribution in [0, 0.1) is 0 Å². The summed E-state index contributed by atoms with van der Waals surface area (Å²) < 4.78 is 43.4. The zero-order valence-corrected chi connectivity index (χ0v) is 14.1. The van der Waals surface area contributed by atoms with E-state index in [0.29, 0.717) is 11.3 Å². The Labute approximate surface area is 145 Å². The van der Waals surface area contributed by atoms with Crippen LogP contribution in [0.15, 0.2) is 43.0 Å². The van der Waals surface area contributed by atoms with Crippen molar-refractivity contribution >= 4 is 11.9 Å². The summed E-state index contributed by atoms with van der Waals surface area (Å²) >= 11 is 0. The number of aryl methyl sites for hydroxylation is 1. The number of alkyl halides is 3. The van der Waals surface area contributed by atoms with Crippen molar-refractivity contribution in [3.63, 3.8) is 0 Å². The third-order valence-electron chi connectivity index (χ3n) is 3.61. The summed E-state index contributed by atoms with van der Waals surface area (Å²) in [5, 5.41) is 0. The van der Waals surface area contributed by atoms with Crippen molar-refractivity contribution < 1.29 is 27.5 Å². The van der Waals surface area contributed by atoms with Gasteiger partial charge in [-0.15, -0.1) is 6.58 Å². The monoisotopic (exact) mass is 357 g/mol. The van der Waals surface area contributed by atoms with Gasteiger partial charge in [0.25, 0.3) is 0 Å². The summed E-state index contributed by atoms with van der Waals surface area (Å²) in [5.41, 5.74) is 0.944. The van der Waals surface area contributed by atoms with Crippen molar-refractivity contribution in [2.45, 2.75) is 38.4 Å². The first-order valence-corrected chi connectivity index (χ1v) is 7.99. The average Bonchev–Trinajstić information content (AvgIpc) is 2.57. The van der Waals surface area contributed by atoms with Crippen molar-refractivity contribution in [2.24, 2.45) is 0 Å². The maximum absolute atomic E-state index is 12.9. The Morgan fingerprint density at radius 2 is 1.92 bits per heavy atom. The van der Waals surface area contributed by atoms with Crippen molar-refractivity contribution in [3.05, 3.63) is 48.6 Å². The molecule has 1 aromatic rings. The van der Waals surface area contributed by atoms with Gasteiger partial charge in [-0.1, -0.05) is 36.4 Å². The minimum Gasteiger partial charge on any atom is -0.466 e. The lowest BCUT2D eigenvalue weighted by Crippen LogP contribution is -2.47. The van der Waals surface area contributed by atoms with E-state index in [9.17, 15) is 22.8 Å². The van der Waals surface area contributed by atoms with Crippen LogP contribution >= 0.6 is 0 Å². The molecule has 7 heteroatoms. The Morgan fingerprint density at radius 3 is 2.44 bits per heavy atom. The van der Waals surface area contributed by atoms with Crippen LogP contribution in [0.5, 0.6) is 0 Å².